The topological polar surface area (TPSA) is 38.1 Å². The minimum absolute atomic E-state index is 0.0957. The van der Waals surface area contributed by atoms with Gasteiger partial charge in [-0.3, -0.25) is 4.79 Å². The van der Waals surface area contributed by atoms with Gasteiger partial charge in [-0.05, 0) is 36.4 Å². The first kappa shape index (κ1) is 16.4. The van der Waals surface area contributed by atoms with Crippen LogP contribution >= 0.6 is 23.2 Å². The number of allylic oxidation sites excluding steroid dienone is 3. The second-order valence-electron chi connectivity index (χ2n) is 6.39. The minimum atomic E-state index is -0.0957. The van der Waals surface area contributed by atoms with Crippen LogP contribution in [0.1, 0.15) is 16.1 Å². The number of hydrogen-bond donors (Lipinski definition) is 0. The van der Waals surface area contributed by atoms with Crippen LogP contribution < -0.4 is 0 Å². The van der Waals surface area contributed by atoms with Crippen molar-refractivity contribution in [3.05, 3.63) is 93.8 Å². The minimum Gasteiger partial charge on any atom is -0.302 e. The van der Waals surface area contributed by atoms with E-state index in [9.17, 15) is 4.79 Å². The highest BCUT2D eigenvalue weighted by atomic mass is 35.5. The quantitative estimate of drug-likeness (QED) is 0.608. The third kappa shape index (κ3) is 2.52. The van der Waals surface area contributed by atoms with Gasteiger partial charge in [-0.25, -0.2) is 4.68 Å². The third-order valence-electron chi connectivity index (χ3n) is 4.79. The molecule has 5 rings (SSSR count). The molecule has 0 radical (unpaired) electrons. The molecule has 1 aliphatic carbocycles. The predicted octanol–water partition coefficient (Wildman–Crippen LogP) is 5.26. The zero-order valence-electron chi connectivity index (χ0n) is 14.1. The summed E-state index contributed by atoms with van der Waals surface area (Å²) >= 11 is 12.5. The first-order chi connectivity index (χ1) is 13.1. The number of carbonyl (C=O) groups is 1. The maximum atomic E-state index is 12.9. The number of nitrogens with zero attached hydrogens (tertiary/aromatic N) is 3. The number of carbonyl (C=O) groups excluding carboxylic acids is 1. The summed E-state index contributed by atoms with van der Waals surface area (Å²) in [6.07, 6.45) is 5.77. The molecule has 4 nitrogen and oxygen atoms in total. The first-order valence-electron chi connectivity index (χ1n) is 8.46. The smallest absolute Gasteiger partial charge is 0.279 e. The Labute approximate surface area is 165 Å². The van der Waals surface area contributed by atoms with Gasteiger partial charge in [-0.2, -0.15) is 5.10 Å². The zero-order chi connectivity index (χ0) is 18.5. The monoisotopic (exact) mass is 393 g/mol. The molecule has 6 heteroatoms. The lowest BCUT2D eigenvalue weighted by Gasteiger charge is -2.21. The van der Waals surface area contributed by atoms with Gasteiger partial charge in [0.1, 0.15) is 0 Å². The van der Waals surface area contributed by atoms with Gasteiger partial charge in [0, 0.05) is 21.8 Å². The van der Waals surface area contributed by atoms with Crippen LogP contribution in [0.4, 0.5) is 0 Å². The second kappa shape index (κ2) is 6.12. The Bertz CT molecular complexity index is 1140. The van der Waals surface area contributed by atoms with E-state index in [4.69, 9.17) is 23.2 Å². The van der Waals surface area contributed by atoms with Crippen molar-refractivity contribution in [3.63, 3.8) is 0 Å². The van der Waals surface area contributed by atoms with Gasteiger partial charge in [0.25, 0.3) is 5.91 Å². The van der Waals surface area contributed by atoms with E-state index in [0.29, 0.717) is 22.3 Å². The fourth-order valence-corrected chi connectivity index (χ4v) is 3.74. The molecule has 0 atom stereocenters. The molecule has 1 aliphatic heterocycles. The van der Waals surface area contributed by atoms with Crippen LogP contribution in [0.3, 0.4) is 0 Å². The summed E-state index contributed by atoms with van der Waals surface area (Å²) in [4.78, 5) is 14.7. The Morgan fingerprint density at radius 1 is 1.00 bits per heavy atom. The molecule has 1 amide bonds. The molecule has 2 aromatic carbocycles. The van der Waals surface area contributed by atoms with Crippen molar-refractivity contribution >= 4 is 29.1 Å². The zero-order valence-corrected chi connectivity index (χ0v) is 15.6. The van der Waals surface area contributed by atoms with E-state index in [1.807, 2.05) is 66.8 Å². The highest BCUT2D eigenvalue weighted by Gasteiger charge is 2.37. The molecule has 27 heavy (non-hydrogen) atoms. The van der Waals surface area contributed by atoms with Crippen molar-refractivity contribution in [2.24, 2.45) is 0 Å². The molecule has 2 heterocycles. The van der Waals surface area contributed by atoms with Crippen LogP contribution in [0, 0.1) is 0 Å². The Hall–Kier alpha value is -2.82. The molecule has 0 bridgehead atoms. The lowest BCUT2D eigenvalue weighted by Crippen LogP contribution is -2.25. The number of para-hydroxylation sites is 1. The summed E-state index contributed by atoms with van der Waals surface area (Å²) in [7, 11) is 0. The molecule has 0 unspecified atom stereocenters. The van der Waals surface area contributed by atoms with Gasteiger partial charge in [0.05, 0.1) is 22.9 Å². The van der Waals surface area contributed by atoms with Gasteiger partial charge in [0.15, 0.2) is 5.69 Å². The van der Waals surface area contributed by atoms with E-state index < -0.39 is 0 Å². The Balaban J connectivity index is 1.72. The van der Waals surface area contributed by atoms with E-state index in [0.717, 1.165) is 28.2 Å². The SMILES string of the molecule is O=C1c2nn(-c3ccccc3Cl)c(-c3ccc(Cl)cc3)c2CN1C1=CC=C1. The van der Waals surface area contributed by atoms with Gasteiger partial charge >= 0.3 is 0 Å². The summed E-state index contributed by atoms with van der Waals surface area (Å²) in [5, 5.41) is 5.88. The highest BCUT2D eigenvalue weighted by Crippen LogP contribution is 2.38. The van der Waals surface area contributed by atoms with Crippen molar-refractivity contribution in [2.45, 2.75) is 6.54 Å². The lowest BCUT2D eigenvalue weighted by molar-refractivity contribution is 0.0824. The predicted molar refractivity (Wildman–Crippen MR) is 106 cm³/mol. The number of rotatable bonds is 3. The van der Waals surface area contributed by atoms with Gasteiger partial charge in [0.2, 0.25) is 0 Å². The Morgan fingerprint density at radius 2 is 1.74 bits per heavy atom. The van der Waals surface area contributed by atoms with Crippen LogP contribution in [0.25, 0.3) is 16.9 Å². The standard InChI is InChI=1S/C21H13Cl2N3O/c22-14-10-8-13(9-11-14)20-16-12-25(15-4-3-5-15)21(27)19(16)24-26(20)18-7-2-1-6-17(18)23/h1-11H,12H2. The van der Waals surface area contributed by atoms with Crippen LogP contribution in [0.2, 0.25) is 10.0 Å². The maximum Gasteiger partial charge on any atom is 0.279 e. The van der Waals surface area contributed by atoms with E-state index in [1.165, 1.54) is 0 Å². The largest absolute Gasteiger partial charge is 0.302 e. The summed E-state index contributed by atoms with van der Waals surface area (Å²) in [6, 6.07) is 15.0. The second-order valence-corrected chi connectivity index (χ2v) is 7.23. The number of fused-ring (bicyclic) bond motifs is 1. The lowest BCUT2D eigenvalue weighted by atomic mass is 10.1. The molecule has 0 spiro atoms. The molecule has 0 N–H and O–H groups in total. The molecule has 0 fully saturated rings. The first-order valence-corrected chi connectivity index (χ1v) is 9.22. The summed E-state index contributed by atoms with van der Waals surface area (Å²) in [5.41, 5.74) is 4.78. The fraction of sp³-hybridized carbons (Fsp3) is 0.0476. The van der Waals surface area contributed by atoms with Crippen molar-refractivity contribution in [3.8, 4) is 16.9 Å². The van der Waals surface area contributed by atoms with Crippen LogP contribution in [-0.4, -0.2) is 20.6 Å². The van der Waals surface area contributed by atoms with Gasteiger partial charge < -0.3 is 4.90 Å². The van der Waals surface area contributed by atoms with Crippen molar-refractivity contribution in [1.82, 2.24) is 14.7 Å². The molecule has 132 valence electrons. The molecular weight excluding hydrogens is 381 g/mol. The Morgan fingerprint density at radius 3 is 2.41 bits per heavy atom. The Kier molecular flexibility index (Phi) is 3.71. The van der Waals surface area contributed by atoms with E-state index in [-0.39, 0.29) is 5.91 Å². The van der Waals surface area contributed by atoms with E-state index in [1.54, 1.807) is 9.58 Å². The number of amides is 1. The van der Waals surface area contributed by atoms with Crippen molar-refractivity contribution in [2.75, 3.05) is 0 Å². The maximum absolute atomic E-state index is 12.9. The molecule has 1 aromatic heterocycles. The third-order valence-corrected chi connectivity index (χ3v) is 5.36. The van der Waals surface area contributed by atoms with Crippen molar-refractivity contribution in [1.29, 1.82) is 0 Å². The molecule has 0 saturated carbocycles. The van der Waals surface area contributed by atoms with E-state index >= 15 is 0 Å². The summed E-state index contributed by atoms with van der Waals surface area (Å²) in [6.45, 7) is 0.479. The summed E-state index contributed by atoms with van der Waals surface area (Å²) in [5.74, 6) is -0.0957. The van der Waals surface area contributed by atoms with E-state index in [2.05, 4.69) is 5.10 Å². The number of aromatic nitrogens is 2. The molecule has 0 saturated heterocycles. The van der Waals surface area contributed by atoms with Crippen molar-refractivity contribution < 1.29 is 4.79 Å². The normalized spacial score (nSPS) is 15.0. The van der Waals surface area contributed by atoms with Gasteiger partial charge in [-0.15, -0.1) is 0 Å². The fourth-order valence-electron chi connectivity index (χ4n) is 3.40. The molecular formula is C21H13Cl2N3O. The highest BCUT2D eigenvalue weighted by molar-refractivity contribution is 6.32. The average molecular weight is 394 g/mol. The number of benzene rings is 2. The van der Waals surface area contributed by atoms with Crippen LogP contribution in [-0.2, 0) is 6.54 Å². The van der Waals surface area contributed by atoms with Crippen LogP contribution in [0.5, 0.6) is 0 Å². The summed E-state index contributed by atoms with van der Waals surface area (Å²) < 4.78 is 1.76. The number of hydrogen-bond acceptors (Lipinski definition) is 2. The van der Waals surface area contributed by atoms with Crippen LogP contribution in [0.15, 0.2) is 72.5 Å². The van der Waals surface area contributed by atoms with Gasteiger partial charge in [-0.1, -0.05) is 53.5 Å². The number of halogens is 2. The molecule has 3 aromatic rings. The average Bonchev–Trinajstić information content (AvgIpc) is 3.13. The molecule has 2 aliphatic rings.